The number of hydrogen-bond donors (Lipinski definition) is 2. The van der Waals surface area contributed by atoms with Crippen LogP contribution in [-0.4, -0.2) is 46.1 Å². The minimum absolute atomic E-state index is 0. The van der Waals surface area contributed by atoms with Crippen molar-refractivity contribution in [2.24, 2.45) is 4.99 Å². The third kappa shape index (κ3) is 7.16. The van der Waals surface area contributed by atoms with E-state index in [1.807, 2.05) is 6.92 Å². The van der Waals surface area contributed by atoms with E-state index in [9.17, 15) is 18.0 Å². The third-order valence-corrected chi connectivity index (χ3v) is 3.87. The monoisotopic (exact) mass is 490 g/mol. The molecule has 0 fully saturated rings. The molecule has 0 aliphatic carbocycles. The summed E-state index contributed by atoms with van der Waals surface area (Å²) in [5.41, 5.74) is -0.0890. The highest BCUT2D eigenvalue weighted by Crippen LogP contribution is 2.18. The molecule has 1 aromatic rings. The van der Waals surface area contributed by atoms with Crippen LogP contribution in [0.5, 0.6) is 0 Å². The maximum Gasteiger partial charge on any atom is 0.390 e. The van der Waals surface area contributed by atoms with E-state index in [0.29, 0.717) is 32.0 Å². The molecule has 0 aromatic carbocycles. The summed E-state index contributed by atoms with van der Waals surface area (Å²) in [6.45, 7) is 3.75. The molecule has 0 spiro atoms. The Balaban J connectivity index is 0.00000338. The van der Waals surface area contributed by atoms with Gasteiger partial charge in [0.25, 0.3) is 0 Å². The van der Waals surface area contributed by atoms with Crippen LogP contribution < -0.4 is 16.3 Å². The van der Waals surface area contributed by atoms with Gasteiger partial charge in [-0.25, -0.2) is 9.48 Å². The predicted octanol–water partition coefficient (Wildman–Crippen LogP) is 1.90. The summed E-state index contributed by atoms with van der Waals surface area (Å²) in [6, 6.07) is 0. The van der Waals surface area contributed by atoms with Crippen molar-refractivity contribution in [2.75, 3.05) is 19.6 Å². The summed E-state index contributed by atoms with van der Waals surface area (Å²) in [7, 11) is 0. The van der Waals surface area contributed by atoms with E-state index in [0.717, 1.165) is 31.6 Å². The molecule has 11 heteroatoms. The normalized spacial score (nSPS) is 14.5. The second-order valence-corrected chi connectivity index (χ2v) is 5.94. The van der Waals surface area contributed by atoms with Gasteiger partial charge in [0.15, 0.2) is 5.96 Å². The number of nitrogens with one attached hydrogen (secondary N) is 2. The van der Waals surface area contributed by atoms with E-state index in [4.69, 9.17) is 0 Å². The Labute approximate surface area is 167 Å². The number of hydrogen-bond acceptors (Lipinski definition) is 3. The summed E-state index contributed by atoms with van der Waals surface area (Å²) in [5, 5.41) is 9.90. The molecule has 2 rings (SSSR count). The Bertz CT molecular complexity index is 640. The van der Waals surface area contributed by atoms with E-state index >= 15 is 0 Å². The van der Waals surface area contributed by atoms with Crippen LogP contribution in [0, 0.1) is 0 Å². The fourth-order valence-corrected chi connectivity index (χ4v) is 2.67. The van der Waals surface area contributed by atoms with E-state index < -0.39 is 12.6 Å². The van der Waals surface area contributed by atoms with Gasteiger partial charge in [0.05, 0.1) is 6.42 Å². The van der Waals surface area contributed by atoms with Gasteiger partial charge in [-0.1, -0.05) is 0 Å². The molecule has 0 bridgehead atoms. The Kier molecular flexibility index (Phi) is 9.44. The zero-order valence-electron chi connectivity index (χ0n) is 14.8. The number of fused-ring (bicyclic) bond motifs is 1. The quantitative estimate of drug-likeness (QED) is 0.265. The van der Waals surface area contributed by atoms with Crippen molar-refractivity contribution in [2.45, 2.75) is 58.3 Å². The van der Waals surface area contributed by atoms with Gasteiger partial charge in [0.2, 0.25) is 0 Å². The van der Waals surface area contributed by atoms with Gasteiger partial charge in [0, 0.05) is 39.1 Å². The number of aromatic nitrogens is 3. The minimum atomic E-state index is -4.19. The standard InChI is InChI=1S/C15H25F3N6O.HI/c1-2-19-13(21-9-7-15(16,17)18)20-8-5-11-24-14(25)23-10-4-3-6-12(23)22-24;/h2-11H2,1H3,(H2,19,20,21);1H. The molecule has 0 atom stereocenters. The van der Waals surface area contributed by atoms with E-state index in [1.165, 1.54) is 4.68 Å². The molecule has 0 saturated carbocycles. The second-order valence-electron chi connectivity index (χ2n) is 5.94. The van der Waals surface area contributed by atoms with Gasteiger partial charge in [0.1, 0.15) is 5.82 Å². The molecule has 0 unspecified atom stereocenters. The van der Waals surface area contributed by atoms with Crippen molar-refractivity contribution in [3.63, 3.8) is 0 Å². The summed E-state index contributed by atoms with van der Waals surface area (Å²) in [5.74, 6) is 1.19. The zero-order chi connectivity index (χ0) is 18.3. The van der Waals surface area contributed by atoms with Gasteiger partial charge in [-0.2, -0.15) is 18.3 Å². The average molecular weight is 490 g/mol. The molecular weight excluding hydrogens is 464 g/mol. The molecular formula is C15H26F3IN6O. The van der Waals surface area contributed by atoms with Crippen LogP contribution in [0.1, 0.15) is 38.4 Å². The van der Waals surface area contributed by atoms with Crippen molar-refractivity contribution in [1.82, 2.24) is 25.0 Å². The fraction of sp³-hybridized carbons (Fsp3) is 0.800. The Morgan fingerprint density at radius 3 is 2.73 bits per heavy atom. The fourth-order valence-electron chi connectivity index (χ4n) is 2.67. The number of alkyl halides is 3. The molecule has 0 radical (unpaired) electrons. The van der Waals surface area contributed by atoms with Crippen LogP contribution in [0.15, 0.2) is 9.79 Å². The van der Waals surface area contributed by atoms with Crippen molar-refractivity contribution in [1.29, 1.82) is 0 Å². The van der Waals surface area contributed by atoms with Crippen LogP contribution in [-0.2, 0) is 19.5 Å². The molecule has 0 saturated heterocycles. The lowest BCUT2D eigenvalue weighted by Gasteiger charge is -2.12. The average Bonchev–Trinajstić information content (AvgIpc) is 2.87. The molecule has 1 aliphatic rings. The van der Waals surface area contributed by atoms with Crippen molar-refractivity contribution in [3.8, 4) is 0 Å². The highest BCUT2D eigenvalue weighted by atomic mass is 127. The number of rotatable bonds is 7. The first-order valence-electron chi connectivity index (χ1n) is 8.66. The summed E-state index contributed by atoms with van der Waals surface area (Å²) >= 11 is 0. The largest absolute Gasteiger partial charge is 0.390 e. The molecule has 1 aliphatic heterocycles. The second kappa shape index (κ2) is 10.8. The smallest absolute Gasteiger partial charge is 0.357 e. The maximum absolute atomic E-state index is 12.2. The first-order chi connectivity index (χ1) is 11.9. The maximum atomic E-state index is 12.2. The molecule has 150 valence electrons. The number of aryl methyl sites for hydroxylation is 2. The van der Waals surface area contributed by atoms with Gasteiger partial charge in [-0.15, -0.1) is 24.0 Å². The molecule has 7 nitrogen and oxygen atoms in total. The van der Waals surface area contributed by atoms with Crippen LogP contribution in [0.2, 0.25) is 0 Å². The lowest BCUT2D eigenvalue weighted by Crippen LogP contribution is -2.39. The van der Waals surface area contributed by atoms with Gasteiger partial charge in [-0.05, 0) is 26.2 Å². The molecule has 2 heterocycles. The summed E-state index contributed by atoms with van der Waals surface area (Å²) in [4.78, 5) is 16.4. The first-order valence-corrected chi connectivity index (χ1v) is 8.66. The van der Waals surface area contributed by atoms with Crippen LogP contribution in [0.3, 0.4) is 0 Å². The number of aliphatic imine (C=N–C) groups is 1. The molecule has 26 heavy (non-hydrogen) atoms. The number of guanidine groups is 1. The van der Waals surface area contributed by atoms with E-state index in [-0.39, 0.29) is 36.2 Å². The number of nitrogens with zero attached hydrogens (tertiary/aromatic N) is 4. The van der Waals surface area contributed by atoms with Crippen LogP contribution in [0.4, 0.5) is 13.2 Å². The van der Waals surface area contributed by atoms with Crippen molar-refractivity contribution in [3.05, 3.63) is 16.3 Å². The highest BCUT2D eigenvalue weighted by molar-refractivity contribution is 14.0. The SMILES string of the molecule is CCNC(=NCCCn1nc2n(c1=O)CCCC2)NCCC(F)(F)F.I. The van der Waals surface area contributed by atoms with E-state index in [2.05, 4.69) is 20.7 Å². The molecule has 2 N–H and O–H groups in total. The summed E-state index contributed by atoms with van der Waals surface area (Å²) < 4.78 is 39.7. The van der Waals surface area contributed by atoms with Gasteiger partial charge < -0.3 is 10.6 Å². The minimum Gasteiger partial charge on any atom is -0.357 e. The van der Waals surface area contributed by atoms with Crippen molar-refractivity contribution < 1.29 is 13.2 Å². The molecule has 1 aromatic heterocycles. The Morgan fingerprint density at radius 2 is 2.08 bits per heavy atom. The van der Waals surface area contributed by atoms with Crippen LogP contribution >= 0.6 is 24.0 Å². The topological polar surface area (TPSA) is 76.2 Å². The molecule has 0 amide bonds. The van der Waals surface area contributed by atoms with Crippen molar-refractivity contribution >= 4 is 29.9 Å². The first kappa shape index (κ1) is 22.8. The van der Waals surface area contributed by atoms with E-state index in [1.54, 1.807) is 4.57 Å². The summed E-state index contributed by atoms with van der Waals surface area (Å²) in [6.07, 6.45) is -1.63. The van der Waals surface area contributed by atoms with Gasteiger partial charge in [-0.3, -0.25) is 9.56 Å². The Hall–Kier alpha value is -1.27. The van der Waals surface area contributed by atoms with Crippen LogP contribution in [0.25, 0.3) is 0 Å². The number of halogens is 4. The van der Waals surface area contributed by atoms with Gasteiger partial charge >= 0.3 is 11.9 Å². The third-order valence-electron chi connectivity index (χ3n) is 3.87. The Morgan fingerprint density at radius 1 is 1.31 bits per heavy atom. The lowest BCUT2D eigenvalue weighted by molar-refractivity contribution is -0.132. The predicted molar refractivity (Wildman–Crippen MR) is 104 cm³/mol. The highest BCUT2D eigenvalue weighted by Gasteiger charge is 2.26. The zero-order valence-corrected chi connectivity index (χ0v) is 17.1. The lowest BCUT2D eigenvalue weighted by atomic mass is 10.2.